The zero-order valence-corrected chi connectivity index (χ0v) is 7.71. The molecule has 1 aromatic heterocycles. The van der Waals surface area contributed by atoms with E-state index >= 15 is 0 Å². The number of carbonyl (C=O) groups excluding carboxylic acids is 2. The predicted molar refractivity (Wildman–Crippen MR) is 51.8 cm³/mol. The van der Waals surface area contributed by atoms with E-state index < -0.39 is 11.7 Å². The van der Waals surface area contributed by atoms with Crippen molar-refractivity contribution in [2.24, 2.45) is 0 Å². The summed E-state index contributed by atoms with van der Waals surface area (Å²) in [7, 11) is 0. The minimum atomic E-state index is -1.07. The highest BCUT2D eigenvalue weighted by Gasteiger charge is 2.06. The van der Waals surface area contributed by atoms with E-state index in [1.165, 1.54) is 17.8 Å². The summed E-state index contributed by atoms with van der Waals surface area (Å²) in [4.78, 5) is 21.3. The summed E-state index contributed by atoms with van der Waals surface area (Å²) < 4.78 is 4.98. The largest absolute Gasteiger partial charge is 0.465 e. The Hall–Kier alpha value is -2.14. The third-order valence-electron chi connectivity index (χ3n) is 1.49. The van der Waals surface area contributed by atoms with Crippen LogP contribution < -0.4 is 5.48 Å². The molecule has 1 rings (SSSR count). The molecule has 0 radical (unpaired) electrons. The zero-order valence-electron chi connectivity index (χ0n) is 7.71. The predicted octanol–water partition coefficient (Wildman–Crippen LogP) is 0.923. The fourth-order valence-electron chi connectivity index (χ4n) is 0.810. The minimum Gasteiger partial charge on any atom is -0.465 e. The van der Waals surface area contributed by atoms with Crippen LogP contribution in [0.2, 0.25) is 0 Å². The van der Waals surface area contributed by atoms with Crippen molar-refractivity contribution in [3.05, 3.63) is 42.4 Å². The van der Waals surface area contributed by atoms with Crippen LogP contribution in [0.3, 0.4) is 0 Å². The van der Waals surface area contributed by atoms with Gasteiger partial charge in [-0.2, -0.15) is 0 Å². The smallest absolute Gasteiger partial charge is 0.315 e. The fourth-order valence-corrected chi connectivity index (χ4v) is 0.810. The lowest BCUT2D eigenvalue weighted by Crippen LogP contribution is -2.26. The van der Waals surface area contributed by atoms with Gasteiger partial charge in [-0.05, 0) is 24.3 Å². The number of rotatable bonds is 4. The average molecular weight is 207 g/mol. The van der Waals surface area contributed by atoms with Gasteiger partial charge in [-0.25, -0.2) is 5.48 Å². The molecular weight excluding hydrogens is 198 g/mol. The van der Waals surface area contributed by atoms with E-state index in [9.17, 15) is 9.59 Å². The minimum absolute atomic E-state index is 0.638. The number of amides is 1. The number of allylic oxidation sites excluding steroid dienone is 2. The van der Waals surface area contributed by atoms with E-state index in [1.54, 1.807) is 24.3 Å². The molecule has 1 heterocycles. The monoisotopic (exact) mass is 207 g/mol. The summed E-state index contributed by atoms with van der Waals surface area (Å²) in [6, 6.07) is 3.47. The second-order valence-electron chi connectivity index (χ2n) is 2.54. The van der Waals surface area contributed by atoms with Crippen LogP contribution in [0.5, 0.6) is 0 Å². The van der Waals surface area contributed by atoms with Crippen molar-refractivity contribution in [1.29, 1.82) is 0 Å². The maximum absolute atomic E-state index is 10.8. The molecular formula is C10H9NO4. The summed E-state index contributed by atoms with van der Waals surface area (Å²) in [6.45, 7) is 0. The molecule has 0 bridgehead atoms. The Bertz CT molecular complexity index is 390. The number of carbonyl (C=O) groups is 2. The van der Waals surface area contributed by atoms with Gasteiger partial charge in [0.25, 0.3) is 0 Å². The van der Waals surface area contributed by atoms with Gasteiger partial charge in [0.2, 0.25) is 5.78 Å². The number of hydrogen-bond donors (Lipinski definition) is 2. The summed E-state index contributed by atoms with van der Waals surface area (Å²) in [5.41, 5.74) is 1.24. The van der Waals surface area contributed by atoms with Crippen LogP contribution in [0, 0.1) is 0 Å². The van der Waals surface area contributed by atoms with Gasteiger partial charge in [0.15, 0.2) is 0 Å². The van der Waals surface area contributed by atoms with Crippen LogP contribution in [0.15, 0.2) is 41.0 Å². The van der Waals surface area contributed by atoms with Crippen molar-refractivity contribution >= 4 is 17.8 Å². The van der Waals surface area contributed by atoms with Crippen molar-refractivity contribution in [2.45, 2.75) is 0 Å². The molecule has 1 aromatic rings. The SMILES string of the molecule is O=C(/C=C/C=C/c1ccco1)C(=O)NO. The van der Waals surface area contributed by atoms with E-state index in [4.69, 9.17) is 9.62 Å². The van der Waals surface area contributed by atoms with Crippen LogP contribution in [0.1, 0.15) is 5.76 Å². The molecule has 0 aromatic carbocycles. The molecule has 5 nitrogen and oxygen atoms in total. The molecule has 5 heteroatoms. The van der Waals surface area contributed by atoms with Crippen LogP contribution in [-0.4, -0.2) is 16.9 Å². The Balaban J connectivity index is 2.46. The van der Waals surface area contributed by atoms with Crippen LogP contribution in [-0.2, 0) is 9.59 Å². The number of furan rings is 1. The van der Waals surface area contributed by atoms with Gasteiger partial charge in [-0.1, -0.05) is 12.2 Å². The molecule has 0 saturated carbocycles. The lowest BCUT2D eigenvalue weighted by molar-refractivity contribution is -0.140. The summed E-state index contributed by atoms with van der Waals surface area (Å²) in [5, 5.41) is 8.12. The van der Waals surface area contributed by atoms with Gasteiger partial charge >= 0.3 is 5.91 Å². The Kier molecular flexibility index (Phi) is 4.05. The van der Waals surface area contributed by atoms with Crippen molar-refractivity contribution in [3.63, 3.8) is 0 Å². The van der Waals surface area contributed by atoms with Gasteiger partial charge in [0, 0.05) is 0 Å². The number of hydroxylamine groups is 1. The van der Waals surface area contributed by atoms with Crippen molar-refractivity contribution < 1.29 is 19.2 Å². The van der Waals surface area contributed by atoms with E-state index in [0.717, 1.165) is 6.08 Å². The molecule has 0 aliphatic heterocycles. The molecule has 0 saturated heterocycles. The lowest BCUT2D eigenvalue weighted by atomic mass is 10.3. The Morgan fingerprint density at radius 3 is 2.80 bits per heavy atom. The quantitative estimate of drug-likeness (QED) is 0.253. The first kappa shape index (κ1) is 10.9. The third kappa shape index (κ3) is 3.61. The maximum atomic E-state index is 10.8. The van der Waals surface area contributed by atoms with Crippen LogP contribution in [0.4, 0.5) is 0 Å². The Morgan fingerprint density at radius 1 is 1.40 bits per heavy atom. The fraction of sp³-hybridized carbons (Fsp3) is 0. The molecule has 0 aliphatic carbocycles. The van der Waals surface area contributed by atoms with Gasteiger partial charge < -0.3 is 4.42 Å². The van der Waals surface area contributed by atoms with Gasteiger partial charge in [0.05, 0.1) is 6.26 Å². The van der Waals surface area contributed by atoms with Crippen molar-refractivity contribution in [1.82, 2.24) is 5.48 Å². The second-order valence-corrected chi connectivity index (χ2v) is 2.54. The summed E-state index contributed by atoms with van der Waals surface area (Å²) >= 11 is 0. The molecule has 0 atom stereocenters. The number of hydrogen-bond acceptors (Lipinski definition) is 4. The van der Waals surface area contributed by atoms with Crippen molar-refractivity contribution in [2.75, 3.05) is 0 Å². The molecule has 15 heavy (non-hydrogen) atoms. The van der Waals surface area contributed by atoms with Crippen molar-refractivity contribution in [3.8, 4) is 0 Å². The van der Waals surface area contributed by atoms with Crippen LogP contribution in [0.25, 0.3) is 6.08 Å². The highest BCUT2D eigenvalue weighted by molar-refractivity contribution is 6.40. The molecule has 78 valence electrons. The summed E-state index contributed by atoms with van der Waals surface area (Å²) in [5.74, 6) is -1.27. The number of nitrogens with one attached hydrogen (secondary N) is 1. The lowest BCUT2D eigenvalue weighted by Gasteiger charge is -1.88. The summed E-state index contributed by atoms with van der Waals surface area (Å²) in [6.07, 6.45) is 7.10. The second kappa shape index (κ2) is 5.56. The van der Waals surface area contributed by atoms with E-state index in [0.29, 0.717) is 5.76 Å². The Morgan fingerprint density at radius 2 is 2.20 bits per heavy atom. The molecule has 1 amide bonds. The molecule has 0 unspecified atom stereocenters. The van der Waals surface area contributed by atoms with E-state index in [-0.39, 0.29) is 0 Å². The first-order valence-corrected chi connectivity index (χ1v) is 4.10. The molecule has 0 spiro atoms. The van der Waals surface area contributed by atoms with Gasteiger partial charge in [-0.3, -0.25) is 14.8 Å². The first-order valence-electron chi connectivity index (χ1n) is 4.10. The Labute approximate surface area is 85.7 Å². The maximum Gasteiger partial charge on any atom is 0.315 e. The average Bonchev–Trinajstić information content (AvgIpc) is 2.75. The highest BCUT2D eigenvalue weighted by Crippen LogP contribution is 2.01. The molecule has 0 aliphatic rings. The van der Waals surface area contributed by atoms with E-state index in [2.05, 4.69) is 0 Å². The first-order chi connectivity index (χ1) is 7.24. The topological polar surface area (TPSA) is 79.5 Å². The van der Waals surface area contributed by atoms with Crippen LogP contribution >= 0.6 is 0 Å². The standard InChI is InChI=1S/C10H9NO4/c12-9(10(13)11-14)6-2-1-4-8-5-3-7-15-8/h1-7,14H,(H,11,13)/b4-1+,6-2+. The van der Waals surface area contributed by atoms with Gasteiger partial charge in [0.1, 0.15) is 5.76 Å². The third-order valence-corrected chi connectivity index (χ3v) is 1.49. The molecule has 2 N–H and O–H groups in total. The number of ketones is 1. The molecule has 0 fully saturated rings. The van der Waals surface area contributed by atoms with Gasteiger partial charge in [-0.15, -0.1) is 0 Å². The highest BCUT2D eigenvalue weighted by atomic mass is 16.5. The zero-order chi connectivity index (χ0) is 11.1. The normalized spacial score (nSPS) is 11.0. The van der Waals surface area contributed by atoms with E-state index in [1.807, 2.05) is 0 Å².